The highest BCUT2D eigenvalue weighted by Crippen LogP contribution is 2.38. The molecule has 2 aromatic heterocycles. The van der Waals surface area contributed by atoms with Gasteiger partial charge in [0.2, 0.25) is 5.91 Å². The van der Waals surface area contributed by atoms with Gasteiger partial charge in [0.1, 0.15) is 28.9 Å². The molecule has 0 radical (unpaired) electrons. The molecule has 8 heteroatoms. The van der Waals surface area contributed by atoms with Crippen LogP contribution in [0, 0.1) is 0 Å². The third-order valence-corrected chi connectivity index (χ3v) is 6.51. The fraction of sp³-hybridized carbons (Fsp3) is 0.192. The summed E-state index contributed by atoms with van der Waals surface area (Å²) in [5.41, 5.74) is 3.78. The molecular formula is C26H21ClN4O3. The van der Waals surface area contributed by atoms with Crippen LogP contribution < -0.4 is 14.8 Å². The second-order valence-corrected chi connectivity index (χ2v) is 8.84. The first-order valence-electron chi connectivity index (χ1n) is 11.1. The molecule has 1 atom stereocenters. The normalized spacial score (nSPS) is 16.7. The number of H-pyrrole nitrogens is 1. The SMILES string of the molecule is O=C1CCc2c(Oc3ccc4c(c3)CC(c3ncc(-c5ccccc5Cl)[nH]3)CO4)ccnc2N1. The molecule has 0 bridgehead atoms. The van der Waals surface area contributed by atoms with Crippen molar-refractivity contribution in [3.8, 4) is 28.5 Å². The van der Waals surface area contributed by atoms with Gasteiger partial charge in [-0.1, -0.05) is 29.8 Å². The number of ether oxygens (including phenoxy) is 2. The van der Waals surface area contributed by atoms with Gasteiger partial charge in [-0.05, 0) is 48.7 Å². The highest BCUT2D eigenvalue weighted by Gasteiger charge is 2.25. The van der Waals surface area contributed by atoms with Crippen molar-refractivity contribution < 1.29 is 14.3 Å². The van der Waals surface area contributed by atoms with Crippen molar-refractivity contribution in [1.29, 1.82) is 0 Å². The summed E-state index contributed by atoms with van der Waals surface area (Å²) in [6.07, 6.45) is 5.26. The number of imidazole rings is 1. The third kappa shape index (κ3) is 3.88. The minimum atomic E-state index is -0.0234. The molecule has 2 aliphatic rings. The fourth-order valence-electron chi connectivity index (χ4n) is 4.45. The number of hydrogen-bond donors (Lipinski definition) is 2. The van der Waals surface area contributed by atoms with Crippen molar-refractivity contribution in [3.63, 3.8) is 0 Å². The van der Waals surface area contributed by atoms with Crippen molar-refractivity contribution in [1.82, 2.24) is 15.0 Å². The second-order valence-electron chi connectivity index (χ2n) is 8.43. The highest BCUT2D eigenvalue weighted by atomic mass is 35.5. The van der Waals surface area contributed by atoms with Gasteiger partial charge in [-0.25, -0.2) is 9.97 Å². The van der Waals surface area contributed by atoms with Crippen LogP contribution in [-0.4, -0.2) is 27.5 Å². The molecule has 0 aliphatic carbocycles. The minimum absolute atomic E-state index is 0.0234. The van der Waals surface area contributed by atoms with E-state index in [4.69, 9.17) is 21.1 Å². The lowest BCUT2D eigenvalue weighted by Gasteiger charge is -2.25. The Morgan fingerprint density at radius 2 is 2.00 bits per heavy atom. The van der Waals surface area contributed by atoms with E-state index >= 15 is 0 Å². The predicted octanol–water partition coefficient (Wildman–Crippen LogP) is 5.52. The standard InChI is InChI=1S/C26H21ClN4O3/c27-20-4-2-1-3-18(20)21-13-29-25(30-21)16-11-15-12-17(5-7-22(15)33-14-16)34-23-9-10-28-26-19(23)6-8-24(32)31-26/h1-5,7,9-10,12-13,16H,6,8,11,14H2,(H,29,30)(H,28,31,32). The number of nitrogens with one attached hydrogen (secondary N) is 2. The van der Waals surface area contributed by atoms with E-state index in [1.165, 1.54) is 0 Å². The molecule has 4 heterocycles. The molecular weight excluding hydrogens is 452 g/mol. The number of aromatic nitrogens is 3. The summed E-state index contributed by atoms with van der Waals surface area (Å²) in [6.45, 7) is 0.542. The summed E-state index contributed by atoms with van der Waals surface area (Å²) in [5.74, 6) is 3.77. The second kappa shape index (κ2) is 8.50. The maximum Gasteiger partial charge on any atom is 0.225 e. The number of carbonyl (C=O) groups excluding carboxylic acids is 1. The fourth-order valence-corrected chi connectivity index (χ4v) is 4.69. The van der Waals surface area contributed by atoms with E-state index in [1.807, 2.05) is 54.7 Å². The molecule has 1 amide bonds. The summed E-state index contributed by atoms with van der Waals surface area (Å²) < 4.78 is 12.2. The summed E-state index contributed by atoms with van der Waals surface area (Å²) >= 11 is 6.35. The maximum absolute atomic E-state index is 11.7. The Kier molecular flexibility index (Phi) is 5.19. The first-order valence-corrected chi connectivity index (χ1v) is 11.5. The van der Waals surface area contributed by atoms with Gasteiger partial charge in [-0.3, -0.25) is 4.79 Å². The molecule has 34 heavy (non-hydrogen) atoms. The van der Waals surface area contributed by atoms with Gasteiger partial charge in [0, 0.05) is 28.8 Å². The first-order chi connectivity index (χ1) is 16.6. The zero-order valence-electron chi connectivity index (χ0n) is 18.2. The Morgan fingerprint density at radius 1 is 1.09 bits per heavy atom. The Bertz CT molecular complexity index is 1400. The minimum Gasteiger partial charge on any atom is -0.493 e. The summed E-state index contributed by atoms with van der Waals surface area (Å²) in [5, 5.41) is 3.49. The maximum atomic E-state index is 11.7. The summed E-state index contributed by atoms with van der Waals surface area (Å²) in [4.78, 5) is 24.0. The quantitative estimate of drug-likeness (QED) is 0.408. The van der Waals surface area contributed by atoms with Crippen molar-refractivity contribution >= 4 is 23.3 Å². The number of carbonyl (C=O) groups is 1. The van der Waals surface area contributed by atoms with Crippen LogP contribution >= 0.6 is 11.6 Å². The molecule has 2 N–H and O–H groups in total. The summed E-state index contributed by atoms with van der Waals surface area (Å²) in [6, 6.07) is 15.4. The number of amides is 1. The van der Waals surface area contributed by atoms with Crippen LogP contribution in [0.15, 0.2) is 60.9 Å². The van der Waals surface area contributed by atoms with E-state index in [0.29, 0.717) is 41.8 Å². The highest BCUT2D eigenvalue weighted by molar-refractivity contribution is 6.33. The number of benzene rings is 2. The van der Waals surface area contributed by atoms with Crippen molar-refractivity contribution in [2.45, 2.75) is 25.2 Å². The number of nitrogens with zero attached hydrogens (tertiary/aromatic N) is 2. The van der Waals surface area contributed by atoms with E-state index in [9.17, 15) is 4.79 Å². The molecule has 7 nitrogen and oxygen atoms in total. The van der Waals surface area contributed by atoms with Crippen molar-refractivity contribution in [2.24, 2.45) is 0 Å². The first kappa shape index (κ1) is 20.7. The number of anilines is 1. The van der Waals surface area contributed by atoms with Crippen LogP contribution in [0.3, 0.4) is 0 Å². The number of rotatable bonds is 4. The smallest absolute Gasteiger partial charge is 0.225 e. The van der Waals surface area contributed by atoms with Crippen LogP contribution in [0.4, 0.5) is 5.82 Å². The zero-order chi connectivity index (χ0) is 23.1. The lowest BCUT2D eigenvalue weighted by molar-refractivity contribution is -0.116. The number of aromatic amines is 1. The predicted molar refractivity (Wildman–Crippen MR) is 129 cm³/mol. The van der Waals surface area contributed by atoms with Crippen LogP contribution in [0.1, 0.15) is 29.3 Å². The average molecular weight is 473 g/mol. The Hall–Kier alpha value is -3.84. The average Bonchev–Trinajstić information content (AvgIpc) is 3.34. The molecule has 0 saturated heterocycles. The number of fused-ring (bicyclic) bond motifs is 2. The van der Waals surface area contributed by atoms with Crippen LogP contribution in [0.5, 0.6) is 17.2 Å². The van der Waals surface area contributed by atoms with Gasteiger partial charge in [-0.15, -0.1) is 0 Å². The molecule has 2 aromatic carbocycles. The van der Waals surface area contributed by atoms with E-state index < -0.39 is 0 Å². The van der Waals surface area contributed by atoms with E-state index in [2.05, 4.69) is 20.3 Å². The largest absolute Gasteiger partial charge is 0.493 e. The Balaban J connectivity index is 1.23. The Morgan fingerprint density at radius 3 is 2.91 bits per heavy atom. The Labute approximate surface area is 201 Å². The van der Waals surface area contributed by atoms with E-state index in [1.54, 1.807) is 6.20 Å². The van der Waals surface area contributed by atoms with Crippen LogP contribution in [0.25, 0.3) is 11.3 Å². The molecule has 170 valence electrons. The van der Waals surface area contributed by atoms with E-state index in [0.717, 1.165) is 40.4 Å². The van der Waals surface area contributed by atoms with E-state index in [-0.39, 0.29) is 11.8 Å². The van der Waals surface area contributed by atoms with Gasteiger partial charge >= 0.3 is 0 Å². The molecule has 0 spiro atoms. The molecule has 0 saturated carbocycles. The monoisotopic (exact) mass is 472 g/mol. The number of pyridine rings is 1. The summed E-state index contributed by atoms with van der Waals surface area (Å²) in [7, 11) is 0. The molecule has 1 unspecified atom stereocenters. The topological polar surface area (TPSA) is 89.1 Å². The van der Waals surface area contributed by atoms with Gasteiger partial charge in [0.15, 0.2) is 0 Å². The third-order valence-electron chi connectivity index (χ3n) is 6.19. The van der Waals surface area contributed by atoms with Crippen molar-refractivity contribution in [3.05, 3.63) is 82.9 Å². The molecule has 4 aromatic rings. The van der Waals surface area contributed by atoms with Gasteiger partial charge in [0.25, 0.3) is 0 Å². The van der Waals surface area contributed by atoms with Gasteiger partial charge in [0.05, 0.1) is 24.4 Å². The lowest BCUT2D eigenvalue weighted by Crippen LogP contribution is -2.20. The zero-order valence-corrected chi connectivity index (χ0v) is 18.9. The van der Waals surface area contributed by atoms with Crippen molar-refractivity contribution in [2.75, 3.05) is 11.9 Å². The number of hydrogen-bond acceptors (Lipinski definition) is 5. The molecule has 6 rings (SSSR count). The molecule has 2 aliphatic heterocycles. The molecule has 0 fully saturated rings. The van der Waals surface area contributed by atoms with Gasteiger partial charge < -0.3 is 19.8 Å². The van der Waals surface area contributed by atoms with Gasteiger partial charge in [-0.2, -0.15) is 0 Å². The number of halogens is 1. The van der Waals surface area contributed by atoms with Crippen LogP contribution in [-0.2, 0) is 17.6 Å². The van der Waals surface area contributed by atoms with Crippen LogP contribution in [0.2, 0.25) is 5.02 Å². The lowest BCUT2D eigenvalue weighted by atomic mass is 9.96.